The molecule has 1 saturated carbocycles. The van der Waals surface area contributed by atoms with Gasteiger partial charge in [0.1, 0.15) is 5.75 Å². The van der Waals surface area contributed by atoms with Crippen LogP contribution in [0.5, 0.6) is 5.75 Å². The summed E-state index contributed by atoms with van der Waals surface area (Å²) in [5.41, 5.74) is 0.593. The molecule has 0 spiro atoms. The van der Waals surface area contributed by atoms with E-state index in [1.54, 1.807) is 6.07 Å². The molecule has 1 aromatic heterocycles. The number of aromatic nitrogens is 1. The third kappa shape index (κ3) is 3.47. The molecule has 2 aromatic rings. The second-order valence-electron chi connectivity index (χ2n) is 6.55. The number of para-hydroxylation sites is 1. The van der Waals surface area contributed by atoms with Crippen molar-refractivity contribution in [3.8, 4) is 5.75 Å². The first-order chi connectivity index (χ1) is 10.4. The summed E-state index contributed by atoms with van der Waals surface area (Å²) in [6, 6.07) is 7.35. The second-order valence-corrected chi connectivity index (χ2v) is 7.58. The molecule has 116 valence electrons. The summed E-state index contributed by atoms with van der Waals surface area (Å²) in [5, 5.41) is 3.49. The number of nitrogens with zero attached hydrogens (tertiary/aromatic N) is 1. The topological polar surface area (TPSA) is 51.2 Å². The Morgan fingerprint density at radius 2 is 2.05 bits per heavy atom. The Morgan fingerprint density at radius 3 is 2.68 bits per heavy atom. The lowest BCUT2D eigenvalue weighted by atomic mass is 9.96. The van der Waals surface area contributed by atoms with Crippen LogP contribution in [0, 0.1) is 0 Å². The van der Waals surface area contributed by atoms with Crippen LogP contribution in [0.3, 0.4) is 0 Å². The van der Waals surface area contributed by atoms with Crippen molar-refractivity contribution in [1.29, 1.82) is 0 Å². The number of nitrogens with one attached hydrogen (secondary N) is 1. The molecule has 0 bridgehead atoms. The second kappa shape index (κ2) is 5.72. The maximum absolute atomic E-state index is 12.5. The molecule has 1 amide bonds. The van der Waals surface area contributed by atoms with Crippen LogP contribution in [0.4, 0.5) is 5.13 Å². The number of thiazole rings is 1. The van der Waals surface area contributed by atoms with Gasteiger partial charge in [-0.2, -0.15) is 0 Å². The van der Waals surface area contributed by atoms with E-state index in [9.17, 15) is 4.79 Å². The van der Waals surface area contributed by atoms with E-state index >= 15 is 0 Å². The van der Waals surface area contributed by atoms with Crippen LogP contribution < -0.4 is 10.1 Å². The van der Waals surface area contributed by atoms with Crippen molar-refractivity contribution in [2.75, 3.05) is 5.32 Å². The minimum atomic E-state index is -0.175. The number of hydrogen-bond donors (Lipinski definition) is 1. The quantitative estimate of drug-likeness (QED) is 0.918. The molecule has 4 nitrogen and oxygen atoms in total. The van der Waals surface area contributed by atoms with Gasteiger partial charge in [0.15, 0.2) is 5.13 Å². The molecule has 1 aliphatic carbocycles. The molecule has 0 radical (unpaired) electrons. The highest BCUT2D eigenvalue weighted by Crippen LogP contribution is 2.32. The summed E-state index contributed by atoms with van der Waals surface area (Å²) in [6.07, 6.45) is 4.23. The van der Waals surface area contributed by atoms with E-state index in [4.69, 9.17) is 4.74 Å². The van der Waals surface area contributed by atoms with Gasteiger partial charge in [0.25, 0.3) is 5.91 Å². The lowest BCUT2D eigenvalue weighted by Gasteiger charge is -2.14. The highest BCUT2D eigenvalue weighted by molar-refractivity contribution is 7.15. The minimum Gasteiger partial charge on any atom is -0.490 e. The Kier molecular flexibility index (Phi) is 3.91. The van der Waals surface area contributed by atoms with Crippen LogP contribution in [-0.2, 0) is 5.41 Å². The van der Waals surface area contributed by atoms with E-state index in [0.29, 0.717) is 16.4 Å². The summed E-state index contributed by atoms with van der Waals surface area (Å²) in [7, 11) is 0. The predicted octanol–water partition coefficient (Wildman–Crippen LogP) is 4.23. The van der Waals surface area contributed by atoms with Crippen molar-refractivity contribution < 1.29 is 9.53 Å². The van der Waals surface area contributed by atoms with Gasteiger partial charge in [-0.1, -0.05) is 32.9 Å². The lowest BCUT2D eigenvalue weighted by molar-refractivity contribution is 0.102. The van der Waals surface area contributed by atoms with Gasteiger partial charge in [0.05, 0.1) is 11.7 Å². The molecule has 3 rings (SSSR count). The first kappa shape index (κ1) is 15.0. The normalized spacial score (nSPS) is 14.7. The largest absolute Gasteiger partial charge is 0.490 e. The molecule has 1 N–H and O–H groups in total. The average molecular weight is 316 g/mol. The summed E-state index contributed by atoms with van der Waals surface area (Å²) >= 11 is 1.51. The molecule has 1 aromatic carbocycles. The zero-order valence-corrected chi connectivity index (χ0v) is 13.9. The Hall–Kier alpha value is -1.88. The summed E-state index contributed by atoms with van der Waals surface area (Å²) in [5.74, 6) is 0.473. The van der Waals surface area contributed by atoms with Gasteiger partial charge in [-0.15, -0.1) is 11.3 Å². The van der Waals surface area contributed by atoms with E-state index in [1.807, 2.05) is 24.4 Å². The van der Waals surface area contributed by atoms with Gasteiger partial charge >= 0.3 is 0 Å². The van der Waals surface area contributed by atoms with Crippen molar-refractivity contribution in [1.82, 2.24) is 4.98 Å². The molecule has 22 heavy (non-hydrogen) atoms. The first-order valence-corrected chi connectivity index (χ1v) is 8.28. The predicted molar refractivity (Wildman–Crippen MR) is 88.9 cm³/mol. The summed E-state index contributed by atoms with van der Waals surface area (Å²) in [4.78, 5) is 17.9. The number of ether oxygens (including phenoxy) is 1. The molecule has 1 heterocycles. The maximum atomic E-state index is 12.5. The summed E-state index contributed by atoms with van der Waals surface area (Å²) < 4.78 is 5.80. The van der Waals surface area contributed by atoms with E-state index in [1.165, 1.54) is 11.3 Å². The van der Waals surface area contributed by atoms with Gasteiger partial charge in [0, 0.05) is 11.1 Å². The van der Waals surface area contributed by atoms with Crippen LogP contribution >= 0.6 is 11.3 Å². The van der Waals surface area contributed by atoms with E-state index in [2.05, 4.69) is 31.1 Å². The third-order valence-corrected chi connectivity index (χ3v) is 4.75. The number of benzene rings is 1. The zero-order valence-electron chi connectivity index (χ0n) is 13.1. The van der Waals surface area contributed by atoms with E-state index < -0.39 is 0 Å². The fourth-order valence-corrected chi connectivity index (χ4v) is 2.83. The number of rotatable bonds is 4. The van der Waals surface area contributed by atoms with Gasteiger partial charge in [-0.25, -0.2) is 4.98 Å². The fraction of sp³-hybridized carbons (Fsp3) is 0.412. The Balaban J connectivity index is 1.75. The van der Waals surface area contributed by atoms with Crippen molar-refractivity contribution in [2.24, 2.45) is 0 Å². The number of carbonyl (C=O) groups excluding carboxylic acids is 1. The van der Waals surface area contributed by atoms with Crippen molar-refractivity contribution in [3.05, 3.63) is 40.9 Å². The van der Waals surface area contributed by atoms with Crippen LogP contribution in [0.25, 0.3) is 0 Å². The highest BCUT2D eigenvalue weighted by atomic mass is 32.1. The standard InChI is InChI=1S/C17H20N2O2S/c1-17(2,3)14-10-18-16(22-14)19-15(20)12-6-4-5-7-13(12)21-11-8-9-11/h4-7,10-11H,8-9H2,1-3H3,(H,18,19,20). The Bertz CT molecular complexity index is 684. The zero-order chi connectivity index (χ0) is 15.7. The smallest absolute Gasteiger partial charge is 0.261 e. The Labute approximate surface area is 134 Å². The minimum absolute atomic E-state index is 0.0354. The van der Waals surface area contributed by atoms with Gasteiger partial charge in [0.2, 0.25) is 0 Å². The molecular weight excluding hydrogens is 296 g/mol. The monoisotopic (exact) mass is 316 g/mol. The van der Waals surface area contributed by atoms with Crippen LogP contribution in [0.15, 0.2) is 30.5 Å². The highest BCUT2D eigenvalue weighted by Gasteiger charge is 2.26. The molecule has 0 saturated heterocycles. The lowest BCUT2D eigenvalue weighted by Crippen LogP contribution is -2.14. The molecule has 1 fully saturated rings. The van der Waals surface area contributed by atoms with Crippen molar-refractivity contribution >= 4 is 22.4 Å². The molecule has 0 aliphatic heterocycles. The van der Waals surface area contributed by atoms with Crippen LogP contribution in [0.2, 0.25) is 0 Å². The van der Waals surface area contributed by atoms with E-state index in [-0.39, 0.29) is 17.4 Å². The molecule has 1 aliphatic rings. The molecular formula is C17H20N2O2S. The van der Waals surface area contributed by atoms with E-state index in [0.717, 1.165) is 17.7 Å². The SMILES string of the molecule is CC(C)(C)c1cnc(NC(=O)c2ccccc2OC2CC2)s1. The molecule has 0 unspecified atom stereocenters. The molecule has 0 atom stereocenters. The summed E-state index contributed by atoms with van der Waals surface area (Å²) in [6.45, 7) is 6.39. The van der Waals surface area contributed by atoms with Crippen molar-refractivity contribution in [2.45, 2.75) is 45.1 Å². The Morgan fingerprint density at radius 1 is 1.32 bits per heavy atom. The molecule has 5 heteroatoms. The maximum Gasteiger partial charge on any atom is 0.261 e. The van der Waals surface area contributed by atoms with Crippen LogP contribution in [-0.4, -0.2) is 17.0 Å². The number of carbonyl (C=O) groups is 1. The number of hydrogen-bond acceptors (Lipinski definition) is 4. The van der Waals surface area contributed by atoms with Gasteiger partial charge < -0.3 is 4.74 Å². The average Bonchev–Trinajstić information content (AvgIpc) is 3.13. The first-order valence-electron chi connectivity index (χ1n) is 7.47. The van der Waals surface area contributed by atoms with Gasteiger partial charge in [-0.05, 0) is 30.4 Å². The number of amides is 1. The number of anilines is 1. The fourth-order valence-electron chi connectivity index (χ4n) is 1.97. The van der Waals surface area contributed by atoms with Gasteiger partial charge in [-0.3, -0.25) is 10.1 Å². The third-order valence-electron chi connectivity index (χ3n) is 3.42. The van der Waals surface area contributed by atoms with Crippen LogP contribution in [0.1, 0.15) is 48.8 Å². The van der Waals surface area contributed by atoms with Crippen molar-refractivity contribution in [3.63, 3.8) is 0 Å².